The van der Waals surface area contributed by atoms with Gasteiger partial charge < -0.3 is 69.2 Å². The van der Waals surface area contributed by atoms with E-state index in [9.17, 15) is 53.4 Å². The number of rotatable bonds is 30. The lowest BCUT2D eigenvalue weighted by Gasteiger charge is -2.29. The molecule has 76 heavy (non-hydrogen) atoms. The average molecular weight is 1090 g/mol. The summed E-state index contributed by atoms with van der Waals surface area (Å²) in [7, 11) is 0. The second-order valence-corrected chi connectivity index (χ2v) is 19.4. The van der Waals surface area contributed by atoms with Gasteiger partial charge in [-0.05, 0) is 73.5 Å². The summed E-state index contributed by atoms with van der Waals surface area (Å²) < 4.78 is 0. The number of unbranched alkanes of at least 4 members (excludes halogenated alkanes) is 1. The van der Waals surface area contributed by atoms with Gasteiger partial charge in [0.2, 0.25) is 53.2 Å². The van der Waals surface area contributed by atoms with Crippen molar-refractivity contribution in [3.05, 3.63) is 102 Å². The third-order valence-electron chi connectivity index (χ3n) is 12.3. The number of benzene rings is 3. The van der Waals surface area contributed by atoms with Crippen LogP contribution in [-0.2, 0) is 62.4 Å². The molecule has 22 nitrogen and oxygen atoms in total. The van der Waals surface area contributed by atoms with Crippen LogP contribution in [-0.4, -0.2) is 141 Å². The van der Waals surface area contributed by atoms with Gasteiger partial charge in [-0.3, -0.25) is 43.2 Å². The Bertz CT molecular complexity index is 2620. The molecule has 0 aliphatic rings. The van der Waals surface area contributed by atoms with Gasteiger partial charge in [0.15, 0.2) is 0 Å². The minimum atomic E-state index is -1.47. The highest BCUT2D eigenvalue weighted by atomic mass is 32.1. The number of aromatic nitrogens is 1. The number of phenols is 1. The van der Waals surface area contributed by atoms with Gasteiger partial charge >= 0.3 is 0 Å². The van der Waals surface area contributed by atoms with Crippen LogP contribution >= 0.6 is 25.3 Å². The highest BCUT2D eigenvalue weighted by Gasteiger charge is 2.36. The fourth-order valence-electron chi connectivity index (χ4n) is 8.08. The van der Waals surface area contributed by atoms with E-state index in [-0.39, 0.29) is 49.5 Å². The summed E-state index contributed by atoms with van der Waals surface area (Å²) in [6.07, 6.45) is 0.965. The normalized spacial score (nSPS) is 14.8. The van der Waals surface area contributed by atoms with E-state index in [1.54, 1.807) is 56.4 Å². The molecule has 0 aliphatic carbocycles. The molecule has 412 valence electrons. The number of phenolic OH excluding ortho intramolecular Hbond substituents is 1. The molecule has 0 saturated heterocycles. The summed E-state index contributed by atoms with van der Waals surface area (Å²) in [5.74, 6) is -8.24. The van der Waals surface area contributed by atoms with Crippen molar-refractivity contribution in [3.63, 3.8) is 0 Å². The van der Waals surface area contributed by atoms with Crippen molar-refractivity contribution in [2.24, 2.45) is 17.4 Å². The van der Waals surface area contributed by atoms with Crippen LogP contribution in [0.4, 0.5) is 0 Å². The molecular formula is C52H71N11O11S2. The Balaban J connectivity index is 1.65. The van der Waals surface area contributed by atoms with E-state index >= 15 is 0 Å². The standard InChI is InChI=1S/C52H71N11O11S2/c1-28(2)43(52(74)61-42(27-76)51(73)63-44(29(3)64)45(54)67)62-46(68)37(16-10-11-21-53)57-49(71)40(24-33-25-55-36-15-9-8-14-35(33)36)59-48(70)39(23-32-17-19-34(66)20-18-32)58-50(72)41(26-75)60-47(69)38(56-30(4)65)22-31-12-6-5-7-13-31/h5-9,12-15,17-20,25,28-29,37-44,55,64,66,75-76H,10-11,16,21-24,26-27,53H2,1-4H3,(H2,54,67)(H,56,65)(H,57,71)(H,58,72)(H,59,70)(H,60,69)(H,61,74)(H,62,68)(H,63,73)/t29-,37+,38+,39+,40+,41+,42+,43+,44+/m1/s1. The summed E-state index contributed by atoms with van der Waals surface area (Å²) in [6, 6.07) is 11.4. The smallest absolute Gasteiger partial charge is 0.244 e. The Labute approximate surface area is 452 Å². The van der Waals surface area contributed by atoms with Crippen molar-refractivity contribution in [1.82, 2.24) is 47.5 Å². The fraction of sp³-hybridized carbons (Fsp3) is 0.442. The van der Waals surface area contributed by atoms with Gasteiger partial charge in [-0.1, -0.05) is 74.5 Å². The minimum absolute atomic E-state index is 0.0367. The zero-order valence-corrected chi connectivity index (χ0v) is 44.6. The Hall–Kier alpha value is -7.15. The lowest BCUT2D eigenvalue weighted by Crippen LogP contribution is -2.62. The molecule has 1 aromatic heterocycles. The second-order valence-electron chi connectivity index (χ2n) is 18.7. The first kappa shape index (κ1) is 61.4. The SMILES string of the molecule is CC(=O)N[C@@H](Cc1ccccc1)C(=O)N[C@@H](CS)C(=O)N[C@@H](Cc1ccc(O)cc1)C(=O)N[C@@H](Cc1c[nH]c2ccccc12)C(=O)N[C@@H](CCCCN)C(=O)N[C@H](C(=O)N[C@@H](CS)C(=O)N[C@H](C(N)=O)[C@@H](C)O)C(C)C. The summed E-state index contributed by atoms with van der Waals surface area (Å²) in [6.45, 7) is 6.04. The van der Waals surface area contributed by atoms with E-state index in [0.29, 0.717) is 24.0 Å². The van der Waals surface area contributed by atoms with Crippen LogP contribution in [0.5, 0.6) is 5.75 Å². The average Bonchev–Trinajstić information content (AvgIpc) is 3.79. The van der Waals surface area contributed by atoms with E-state index in [1.165, 1.54) is 38.1 Å². The first-order chi connectivity index (χ1) is 36.1. The molecule has 0 radical (unpaired) electrons. The summed E-state index contributed by atoms with van der Waals surface area (Å²) >= 11 is 8.51. The van der Waals surface area contributed by atoms with E-state index in [2.05, 4.69) is 72.8 Å². The molecule has 9 atom stereocenters. The quantitative estimate of drug-likeness (QED) is 0.0228. The van der Waals surface area contributed by atoms with Crippen LogP contribution in [0, 0.1) is 5.92 Å². The maximum absolute atomic E-state index is 14.7. The molecule has 4 aromatic rings. The predicted molar refractivity (Wildman–Crippen MR) is 291 cm³/mol. The number of aromatic hydroxyl groups is 1. The van der Waals surface area contributed by atoms with Crippen LogP contribution in [0.1, 0.15) is 63.6 Å². The zero-order valence-electron chi connectivity index (χ0n) is 42.8. The van der Waals surface area contributed by atoms with Crippen LogP contribution in [0.15, 0.2) is 85.1 Å². The van der Waals surface area contributed by atoms with Gasteiger partial charge in [0.1, 0.15) is 54.1 Å². The highest BCUT2D eigenvalue weighted by molar-refractivity contribution is 7.80. The monoisotopic (exact) mass is 1090 g/mol. The molecule has 1 heterocycles. The van der Waals surface area contributed by atoms with Gasteiger partial charge in [-0.25, -0.2) is 0 Å². The number of thiol groups is 2. The van der Waals surface area contributed by atoms with Crippen LogP contribution in [0.2, 0.25) is 0 Å². The minimum Gasteiger partial charge on any atom is -0.508 e. The molecule has 0 fully saturated rings. The molecule has 0 unspecified atom stereocenters. The largest absolute Gasteiger partial charge is 0.508 e. The first-order valence-electron chi connectivity index (χ1n) is 24.8. The third-order valence-corrected chi connectivity index (χ3v) is 13.0. The Morgan fingerprint density at radius 2 is 1.01 bits per heavy atom. The number of primary amides is 1. The summed E-state index contributed by atoms with van der Waals surface area (Å²) in [5.41, 5.74) is 13.7. The van der Waals surface area contributed by atoms with Gasteiger partial charge in [0, 0.05) is 54.8 Å². The molecule has 24 heteroatoms. The topological polar surface area (TPSA) is 358 Å². The van der Waals surface area contributed by atoms with Crippen molar-refractivity contribution in [1.29, 1.82) is 0 Å². The molecule has 0 saturated carbocycles. The lowest BCUT2D eigenvalue weighted by molar-refractivity contribution is -0.136. The number of hydrogen-bond acceptors (Lipinski definition) is 14. The molecule has 15 N–H and O–H groups in total. The number of aliphatic hydroxyl groups is 1. The number of carbonyl (C=O) groups excluding carboxylic acids is 9. The molecule has 0 aliphatic heterocycles. The molecule has 9 amide bonds. The fourth-order valence-corrected chi connectivity index (χ4v) is 8.60. The van der Waals surface area contributed by atoms with Gasteiger partial charge in [0.25, 0.3) is 0 Å². The van der Waals surface area contributed by atoms with Crippen molar-refractivity contribution < 1.29 is 53.4 Å². The number of amides is 9. The Morgan fingerprint density at radius 1 is 0.553 bits per heavy atom. The molecule has 0 bridgehead atoms. The van der Waals surface area contributed by atoms with Crippen LogP contribution in [0.3, 0.4) is 0 Å². The van der Waals surface area contributed by atoms with Crippen molar-refractivity contribution in [3.8, 4) is 5.75 Å². The van der Waals surface area contributed by atoms with Gasteiger partial charge in [-0.15, -0.1) is 0 Å². The highest BCUT2D eigenvalue weighted by Crippen LogP contribution is 2.20. The van der Waals surface area contributed by atoms with E-state index < -0.39 is 114 Å². The van der Waals surface area contributed by atoms with Gasteiger partial charge in [0.05, 0.1) is 6.10 Å². The number of hydrogen-bond donors (Lipinski definition) is 15. The second kappa shape index (κ2) is 30.4. The summed E-state index contributed by atoms with van der Waals surface area (Å²) in [5, 5.41) is 41.7. The maximum Gasteiger partial charge on any atom is 0.244 e. The van der Waals surface area contributed by atoms with Crippen molar-refractivity contribution >= 4 is 89.3 Å². The number of nitrogens with one attached hydrogen (secondary N) is 9. The van der Waals surface area contributed by atoms with Crippen LogP contribution < -0.4 is 54.0 Å². The Kier molecular flexibility index (Phi) is 24.6. The van der Waals surface area contributed by atoms with E-state index in [0.717, 1.165) is 16.5 Å². The van der Waals surface area contributed by atoms with Crippen molar-refractivity contribution in [2.45, 2.75) is 121 Å². The zero-order chi connectivity index (χ0) is 56.1. The number of para-hydroxylation sites is 1. The Morgan fingerprint density at radius 3 is 1.55 bits per heavy atom. The number of H-pyrrole nitrogens is 1. The number of carbonyl (C=O) groups is 9. The maximum atomic E-state index is 14.7. The third kappa shape index (κ3) is 18.9. The van der Waals surface area contributed by atoms with Crippen molar-refractivity contribution in [2.75, 3.05) is 18.1 Å². The molecule has 4 rings (SSSR count). The number of nitrogens with two attached hydrogens (primary N) is 2. The molecular weight excluding hydrogens is 1020 g/mol. The van der Waals surface area contributed by atoms with E-state index in [1.807, 2.05) is 18.2 Å². The van der Waals surface area contributed by atoms with Gasteiger partial charge in [-0.2, -0.15) is 25.3 Å². The lowest BCUT2D eigenvalue weighted by atomic mass is 10.00. The molecule has 0 spiro atoms. The van der Waals surface area contributed by atoms with Crippen LogP contribution in [0.25, 0.3) is 10.9 Å². The number of aromatic amines is 1. The number of aliphatic hydroxyl groups excluding tert-OH is 1. The summed E-state index contributed by atoms with van der Waals surface area (Å²) in [4.78, 5) is 126. The molecule has 3 aromatic carbocycles. The predicted octanol–water partition coefficient (Wildman–Crippen LogP) is -0.690. The first-order valence-corrected chi connectivity index (χ1v) is 26.1. The number of fused-ring (bicyclic) bond motifs is 1. The van der Waals surface area contributed by atoms with E-state index in [4.69, 9.17) is 11.5 Å².